The van der Waals surface area contributed by atoms with E-state index >= 15 is 0 Å². The molecule has 0 saturated heterocycles. The summed E-state index contributed by atoms with van der Waals surface area (Å²) in [6.45, 7) is 3.60. The van der Waals surface area contributed by atoms with Crippen LogP contribution in [0.3, 0.4) is 0 Å². The quantitative estimate of drug-likeness (QED) is 0.484. The maximum Gasteiger partial charge on any atom is 0.388 e. The third-order valence-corrected chi connectivity index (χ3v) is 2.56. The van der Waals surface area contributed by atoms with Crippen LogP contribution in [0.1, 0.15) is 11.1 Å². The van der Waals surface area contributed by atoms with Crippen LogP contribution >= 0.6 is 0 Å². The van der Waals surface area contributed by atoms with Crippen molar-refractivity contribution in [3.63, 3.8) is 0 Å². The Morgan fingerprint density at radius 2 is 1.72 bits per heavy atom. The van der Waals surface area contributed by atoms with E-state index in [1.807, 2.05) is 0 Å². The first-order valence-corrected chi connectivity index (χ1v) is 5.50. The molecule has 0 bridgehead atoms. The predicted molar refractivity (Wildman–Crippen MR) is 65.6 cm³/mol. The third-order valence-electron chi connectivity index (χ3n) is 2.56. The molecule has 1 aromatic heterocycles. The number of hydrogen-bond acceptors (Lipinski definition) is 4. The molecule has 18 heavy (non-hydrogen) atoms. The van der Waals surface area contributed by atoms with Crippen molar-refractivity contribution in [2.45, 2.75) is 13.8 Å². The fourth-order valence-corrected chi connectivity index (χ4v) is 1.60. The lowest BCUT2D eigenvalue weighted by atomic mass is 10.1. The number of phenols is 1. The lowest BCUT2D eigenvalue weighted by molar-refractivity contribution is -0.894. The van der Waals surface area contributed by atoms with Crippen LogP contribution in [0, 0.1) is 13.8 Å². The molecule has 0 aliphatic carbocycles. The number of aryl methyl sites for hydroxylation is 2. The normalized spacial score (nSPS) is 11.0. The van der Waals surface area contributed by atoms with Gasteiger partial charge in [0.1, 0.15) is 17.6 Å². The van der Waals surface area contributed by atoms with E-state index in [0.29, 0.717) is 11.5 Å². The van der Waals surface area contributed by atoms with Gasteiger partial charge in [0.25, 0.3) is 0 Å². The van der Waals surface area contributed by atoms with Gasteiger partial charge in [-0.3, -0.25) is 0 Å². The van der Waals surface area contributed by atoms with Gasteiger partial charge in [-0.15, -0.1) is 0 Å². The van der Waals surface area contributed by atoms with Gasteiger partial charge in [0, 0.05) is 6.07 Å². The summed E-state index contributed by atoms with van der Waals surface area (Å²) in [6.07, 6.45) is 1.47. The van der Waals surface area contributed by atoms with Crippen LogP contribution in [-0.4, -0.2) is 10.3 Å². The minimum absolute atomic E-state index is 0.269. The van der Waals surface area contributed by atoms with Crippen molar-refractivity contribution in [3.05, 3.63) is 47.7 Å². The number of azo groups is 1. The van der Waals surface area contributed by atoms with Crippen molar-refractivity contribution in [2.24, 2.45) is 10.2 Å². The van der Waals surface area contributed by atoms with Crippen LogP contribution < -0.4 is 4.73 Å². The van der Waals surface area contributed by atoms with Crippen molar-refractivity contribution in [1.82, 2.24) is 0 Å². The van der Waals surface area contributed by atoms with Crippen molar-refractivity contribution in [2.75, 3.05) is 0 Å². The van der Waals surface area contributed by atoms with Crippen LogP contribution in [0.2, 0.25) is 0 Å². The Balaban J connectivity index is 2.33. The first-order chi connectivity index (χ1) is 8.58. The monoisotopic (exact) mass is 244 g/mol. The molecule has 5 heteroatoms. The van der Waals surface area contributed by atoms with Crippen LogP contribution in [-0.2, 0) is 0 Å². The number of aromatic nitrogens is 1. The minimum atomic E-state index is 0.269. The van der Waals surface area contributed by atoms with Gasteiger partial charge in [-0.25, -0.2) is 0 Å². The summed E-state index contributed by atoms with van der Waals surface area (Å²) in [4.78, 5) is 0. The Labute approximate surface area is 105 Å². The van der Waals surface area contributed by atoms with E-state index in [0.717, 1.165) is 15.9 Å². The molecule has 2 N–H and O–H groups in total. The van der Waals surface area contributed by atoms with E-state index in [9.17, 15) is 10.3 Å². The van der Waals surface area contributed by atoms with Gasteiger partial charge >= 0.3 is 5.82 Å². The zero-order chi connectivity index (χ0) is 13.1. The van der Waals surface area contributed by atoms with Crippen LogP contribution in [0.4, 0.5) is 11.5 Å². The summed E-state index contributed by atoms with van der Waals surface area (Å²) < 4.78 is 0.892. The summed E-state index contributed by atoms with van der Waals surface area (Å²) >= 11 is 0. The fourth-order valence-electron chi connectivity index (χ4n) is 1.60. The molecule has 0 aliphatic heterocycles. The standard InChI is InChI=1S/C13H13N3O2/c1-9-7-11(8-10(2)13(9)17)14-15-12-5-3-4-6-16(12)18/h3-8,18H,1-2H3/p+1. The van der Waals surface area contributed by atoms with Gasteiger partial charge in [0.2, 0.25) is 0 Å². The van der Waals surface area contributed by atoms with Crippen LogP contribution in [0.5, 0.6) is 5.75 Å². The van der Waals surface area contributed by atoms with Gasteiger partial charge in [-0.2, -0.15) is 0 Å². The molecule has 2 rings (SSSR count). The fraction of sp³-hybridized carbons (Fsp3) is 0.154. The first-order valence-electron chi connectivity index (χ1n) is 5.50. The van der Waals surface area contributed by atoms with Crippen LogP contribution in [0.15, 0.2) is 46.8 Å². The molecule has 92 valence electrons. The molecule has 0 spiro atoms. The van der Waals surface area contributed by atoms with E-state index in [4.69, 9.17) is 0 Å². The number of phenolic OH excluding ortho intramolecular Hbond substituents is 1. The predicted octanol–water partition coefficient (Wildman–Crippen LogP) is 2.95. The Hall–Kier alpha value is -2.43. The van der Waals surface area contributed by atoms with Gasteiger partial charge in [-0.1, -0.05) is 0 Å². The second kappa shape index (κ2) is 4.83. The Morgan fingerprint density at radius 3 is 2.33 bits per heavy atom. The van der Waals surface area contributed by atoms with Crippen molar-refractivity contribution in [3.8, 4) is 5.75 Å². The molecular formula is C13H14N3O2+. The SMILES string of the molecule is Cc1cc(N=Nc2cccc[n+]2O)cc(C)c1O. The summed E-state index contributed by atoms with van der Waals surface area (Å²) in [5.41, 5.74) is 2.12. The molecule has 5 nitrogen and oxygen atoms in total. The number of pyridine rings is 1. The lowest BCUT2D eigenvalue weighted by Crippen LogP contribution is -2.28. The summed E-state index contributed by atoms with van der Waals surface area (Å²) in [7, 11) is 0. The van der Waals surface area contributed by atoms with Crippen molar-refractivity contribution in [1.29, 1.82) is 0 Å². The van der Waals surface area contributed by atoms with E-state index < -0.39 is 0 Å². The lowest BCUT2D eigenvalue weighted by Gasteiger charge is -2.02. The van der Waals surface area contributed by atoms with E-state index in [1.165, 1.54) is 6.20 Å². The number of hydrogen-bond donors (Lipinski definition) is 2. The van der Waals surface area contributed by atoms with Crippen LogP contribution in [0.25, 0.3) is 0 Å². The summed E-state index contributed by atoms with van der Waals surface area (Å²) in [6, 6.07) is 8.55. The average Bonchev–Trinajstić information content (AvgIpc) is 2.35. The molecule has 0 aliphatic rings. The Kier molecular flexibility index (Phi) is 3.23. The topological polar surface area (TPSA) is 69.1 Å². The maximum absolute atomic E-state index is 9.64. The van der Waals surface area contributed by atoms with Gasteiger partial charge in [0.05, 0.1) is 5.11 Å². The molecule has 0 fully saturated rings. The van der Waals surface area contributed by atoms with Crippen molar-refractivity contribution < 1.29 is 15.0 Å². The number of rotatable bonds is 2. The third kappa shape index (κ3) is 2.45. The van der Waals surface area contributed by atoms with E-state index in [1.54, 1.807) is 44.2 Å². The molecule has 2 aromatic rings. The molecule has 0 amide bonds. The molecule has 0 unspecified atom stereocenters. The number of benzene rings is 1. The highest BCUT2D eigenvalue weighted by molar-refractivity contribution is 5.51. The van der Waals surface area contributed by atoms with E-state index in [-0.39, 0.29) is 5.75 Å². The average molecular weight is 244 g/mol. The minimum Gasteiger partial charge on any atom is -0.507 e. The molecular weight excluding hydrogens is 230 g/mol. The number of nitrogens with zero attached hydrogens (tertiary/aromatic N) is 3. The second-order valence-electron chi connectivity index (χ2n) is 4.03. The first kappa shape index (κ1) is 12.0. The zero-order valence-corrected chi connectivity index (χ0v) is 10.2. The molecule has 1 heterocycles. The van der Waals surface area contributed by atoms with Gasteiger partial charge < -0.3 is 10.3 Å². The summed E-state index contributed by atoms with van der Waals surface area (Å²) in [5.74, 6) is 0.603. The highest BCUT2D eigenvalue weighted by Crippen LogP contribution is 2.27. The zero-order valence-electron chi connectivity index (χ0n) is 10.2. The highest BCUT2D eigenvalue weighted by Gasteiger charge is 2.08. The Morgan fingerprint density at radius 1 is 1.06 bits per heavy atom. The molecule has 0 saturated carbocycles. The van der Waals surface area contributed by atoms with Gasteiger partial charge in [0.15, 0.2) is 0 Å². The van der Waals surface area contributed by atoms with E-state index in [2.05, 4.69) is 10.2 Å². The molecule has 1 aromatic carbocycles. The number of aromatic hydroxyl groups is 1. The second-order valence-corrected chi connectivity index (χ2v) is 4.03. The summed E-state index contributed by atoms with van der Waals surface area (Å²) in [5, 5.41) is 27.1. The Bertz CT molecular complexity index is 586. The van der Waals surface area contributed by atoms with Gasteiger partial charge in [-0.05, 0) is 59.1 Å². The smallest absolute Gasteiger partial charge is 0.388 e. The molecule has 0 radical (unpaired) electrons. The molecule has 0 atom stereocenters. The largest absolute Gasteiger partial charge is 0.507 e. The van der Waals surface area contributed by atoms with Crippen molar-refractivity contribution >= 4 is 11.5 Å². The maximum atomic E-state index is 9.64. The highest BCUT2D eigenvalue weighted by atomic mass is 16.5.